The summed E-state index contributed by atoms with van der Waals surface area (Å²) in [6.45, 7) is 0. The fraction of sp³-hybridized carbons (Fsp3) is 0.500. The lowest BCUT2D eigenvalue weighted by atomic mass is 11.2. The SMILES string of the molecule is NC(=O)OC[SiH3]. The molecule has 2 N–H and O–H groups in total. The van der Waals surface area contributed by atoms with Gasteiger partial charge in [0.1, 0.15) is 0 Å². The van der Waals surface area contributed by atoms with Crippen molar-refractivity contribution in [2.75, 3.05) is 6.23 Å². The number of amides is 1. The molecule has 0 aliphatic carbocycles. The van der Waals surface area contributed by atoms with Gasteiger partial charge in [-0.3, -0.25) is 0 Å². The van der Waals surface area contributed by atoms with Crippen LogP contribution >= 0.6 is 0 Å². The second-order valence-electron chi connectivity index (χ2n) is 0.752. The van der Waals surface area contributed by atoms with E-state index < -0.39 is 6.09 Å². The number of carbonyl (C=O) groups is 1. The predicted octanol–water partition coefficient (Wildman–Crippen LogP) is -1.60. The molecule has 4 heteroatoms. The Balaban J connectivity index is 2.83. The van der Waals surface area contributed by atoms with E-state index in [1.54, 1.807) is 0 Å². The number of primary amides is 1. The summed E-state index contributed by atoms with van der Waals surface area (Å²) in [6.07, 6.45) is -0.181. The van der Waals surface area contributed by atoms with Gasteiger partial charge in [0.25, 0.3) is 0 Å². The maximum atomic E-state index is 9.62. The molecule has 0 aromatic heterocycles. The highest BCUT2D eigenvalue weighted by Gasteiger charge is 1.82. The van der Waals surface area contributed by atoms with Gasteiger partial charge in [-0.15, -0.1) is 0 Å². The summed E-state index contributed by atoms with van der Waals surface area (Å²) in [7, 11) is 0.864. The molecule has 0 saturated carbocycles. The molecule has 0 aliphatic heterocycles. The smallest absolute Gasteiger partial charge is 0.404 e. The molecule has 0 aliphatic rings. The third kappa shape index (κ3) is 3.49. The van der Waals surface area contributed by atoms with Crippen molar-refractivity contribution >= 4 is 16.3 Å². The van der Waals surface area contributed by atoms with Gasteiger partial charge in [0.05, 0.1) is 16.5 Å². The summed E-state index contributed by atoms with van der Waals surface area (Å²) in [4.78, 5) is 9.62. The number of nitrogens with two attached hydrogens (primary N) is 1. The average Bonchev–Trinajstić information content (AvgIpc) is 1.35. The van der Waals surface area contributed by atoms with Gasteiger partial charge in [0.15, 0.2) is 0 Å². The lowest BCUT2D eigenvalue weighted by Gasteiger charge is -1.89. The summed E-state index contributed by atoms with van der Waals surface area (Å²) in [5.74, 6) is 0. The third-order valence-electron chi connectivity index (χ3n) is 0.287. The van der Waals surface area contributed by atoms with E-state index >= 15 is 0 Å². The van der Waals surface area contributed by atoms with Crippen LogP contribution in [0.1, 0.15) is 0 Å². The largest absolute Gasteiger partial charge is 0.455 e. The van der Waals surface area contributed by atoms with Gasteiger partial charge in [-0.1, -0.05) is 0 Å². The average molecular weight is 105 g/mol. The zero-order valence-electron chi connectivity index (χ0n) is 3.60. The molecular weight excluding hydrogens is 98.1 g/mol. The van der Waals surface area contributed by atoms with Crippen LogP contribution in [0.15, 0.2) is 0 Å². The number of hydrogen-bond acceptors (Lipinski definition) is 2. The Morgan fingerprint density at radius 1 is 2.00 bits per heavy atom. The lowest BCUT2D eigenvalue weighted by Crippen LogP contribution is -2.13. The molecule has 0 atom stereocenters. The standard InChI is InChI=1S/C2H7NO2Si/c3-2(4)5-1-6/h1H2,6H3,(H2,3,4). The minimum Gasteiger partial charge on any atom is -0.455 e. The Morgan fingerprint density at radius 2 is 2.50 bits per heavy atom. The molecular formula is C2H7NO2Si. The summed E-state index contributed by atoms with van der Waals surface area (Å²) >= 11 is 0. The van der Waals surface area contributed by atoms with Gasteiger partial charge in [-0.25, -0.2) is 4.79 Å². The first-order valence-electron chi connectivity index (χ1n) is 1.69. The molecule has 0 aromatic rings. The van der Waals surface area contributed by atoms with Gasteiger partial charge in [0, 0.05) is 0 Å². The summed E-state index contributed by atoms with van der Waals surface area (Å²) in [5.41, 5.74) is 4.56. The van der Waals surface area contributed by atoms with Crippen molar-refractivity contribution in [3.63, 3.8) is 0 Å². The molecule has 6 heavy (non-hydrogen) atoms. The zero-order valence-corrected chi connectivity index (χ0v) is 5.60. The fourth-order valence-corrected chi connectivity index (χ4v) is 0.427. The predicted molar refractivity (Wildman–Crippen MR) is 25.5 cm³/mol. The minimum absolute atomic E-state index is 0.495. The van der Waals surface area contributed by atoms with E-state index in [0.717, 1.165) is 10.2 Å². The van der Waals surface area contributed by atoms with Crippen LogP contribution in [0.25, 0.3) is 0 Å². The van der Waals surface area contributed by atoms with Crippen LogP contribution in [0.5, 0.6) is 0 Å². The first kappa shape index (κ1) is 5.49. The number of carbonyl (C=O) groups excluding carboxylic acids is 1. The van der Waals surface area contributed by atoms with Gasteiger partial charge < -0.3 is 10.5 Å². The molecule has 0 heterocycles. The van der Waals surface area contributed by atoms with Gasteiger partial charge in [-0.05, 0) is 0 Å². The molecule has 0 rings (SSSR count). The van der Waals surface area contributed by atoms with Crippen molar-refractivity contribution in [1.82, 2.24) is 0 Å². The molecule has 1 amide bonds. The van der Waals surface area contributed by atoms with Crippen LogP contribution in [0.4, 0.5) is 4.79 Å². The Kier molecular flexibility index (Phi) is 2.48. The second-order valence-corrected chi connectivity index (χ2v) is 1.33. The van der Waals surface area contributed by atoms with Crippen molar-refractivity contribution < 1.29 is 9.53 Å². The Bertz CT molecular complexity index is 55.5. The van der Waals surface area contributed by atoms with Crippen molar-refractivity contribution in [3.8, 4) is 0 Å². The van der Waals surface area contributed by atoms with E-state index in [-0.39, 0.29) is 0 Å². The van der Waals surface area contributed by atoms with Crippen LogP contribution in [-0.4, -0.2) is 22.6 Å². The lowest BCUT2D eigenvalue weighted by molar-refractivity contribution is 0.175. The number of rotatable bonds is 1. The quantitative estimate of drug-likeness (QED) is 0.408. The van der Waals surface area contributed by atoms with E-state index in [1.165, 1.54) is 0 Å². The van der Waals surface area contributed by atoms with Crippen molar-refractivity contribution in [1.29, 1.82) is 0 Å². The van der Waals surface area contributed by atoms with Crippen molar-refractivity contribution in [2.45, 2.75) is 0 Å². The van der Waals surface area contributed by atoms with E-state index in [9.17, 15) is 4.79 Å². The van der Waals surface area contributed by atoms with E-state index in [1.807, 2.05) is 0 Å². The Labute approximate surface area is 38.9 Å². The zero-order chi connectivity index (χ0) is 4.99. The molecule has 0 unspecified atom stereocenters. The third-order valence-corrected chi connectivity index (χ3v) is 0.575. The number of hydrogen-bond donors (Lipinski definition) is 1. The second kappa shape index (κ2) is 2.71. The highest BCUT2D eigenvalue weighted by atomic mass is 28.1. The Morgan fingerprint density at radius 3 is 2.50 bits per heavy atom. The summed E-state index contributed by atoms with van der Waals surface area (Å²) in [5, 5.41) is 0. The van der Waals surface area contributed by atoms with Crippen LogP contribution in [0.2, 0.25) is 0 Å². The molecule has 0 saturated heterocycles. The van der Waals surface area contributed by atoms with E-state index in [2.05, 4.69) is 10.5 Å². The van der Waals surface area contributed by atoms with Crippen LogP contribution < -0.4 is 5.73 Å². The van der Waals surface area contributed by atoms with Crippen molar-refractivity contribution in [3.05, 3.63) is 0 Å². The van der Waals surface area contributed by atoms with Crippen LogP contribution in [0, 0.1) is 0 Å². The van der Waals surface area contributed by atoms with E-state index in [4.69, 9.17) is 0 Å². The summed E-state index contributed by atoms with van der Waals surface area (Å²) in [6, 6.07) is 0. The van der Waals surface area contributed by atoms with Gasteiger partial charge in [0.2, 0.25) is 0 Å². The topological polar surface area (TPSA) is 52.3 Å². The molecule has 0 aromatic carbocycles. The Hall–Kier alpha value is -0.513. The first-order valence-corrected chi connectivity index (χ1v) is 3.11. The van der Waals surface area contributed by atoms with Crippen LogP contribution in [0.3, 0.4) is 0 Å². The fourth-order valence-electron chi connectivity index (χ4n) is 0.142. The molecule has 0 spiro atoms. The van der Waals surface area contributed by atoms with Crippen molar-refractivity contribution in [2.24, 2.45) is 5.73 Å². The molecule has 0 radical (unpaired) electrons. The monoisotopic (exact) mass is 105 g/mol. The molecule has 0 bridgehead atoms. The molecule has 3 nitrogen and oxygen atoms in total. The highest BCUT2D eigenvalue weighted by Crippen LogP contribution is 1.62. The molecule has 0 fully saturated rings. The van der Waals surface area contributed by atoms with E-state index in [0.29, 0.717) is 6.23 Å². The maximum Gasteiger partial charge on any atom is 0.404 e. The van der Waals surface area contributed by atoms with Crippen LogP contribution in [-0.2, 0) is 4.74 Å². The maximum absolute atomic E-state index is 9.62. The summed E-state index contributed by atoms with van der Waals surface area (Å²) < 4.78 is 4.24. The van der Waals surface area contributed by atoms with Gasteiger partial charge >= 0.3 is 6.09 Å². The number of ether oxygens (including phenoxy) is 1. The highest BCUT2D eigenvalue weighted by molar-refractivity contribution is 6.08. The molecule has 36 valence electrons. The normalized spacial score (nSPS) is 8.00. The first-order chi connectivity index (χ1) is 2.77. The minimum atomic E-state index is -0.676. The van der Waals surface area contributed by atoms with Gasteiger partial charge in [-0.2, -0.15) is 0 Å².